The van der Waals surface area contributed by atoms with Crippen molar-refractivity contribution in [3.63, 3.8) is 0 Å². The molecule has 1 aromatic heterocycles. The highest BCUT2D eigenvalue weighted by Crippen LogP contribution is 2.23. The van der Waals surface area contributed by atoms with Crippen LogP contribution >= 0.6 is 0 Å². The largest absolute Gasteiger partial charge is 0.441 e. The molecule has 1 atom stereocenters. The van der Waals surface area contributed by atoms with Gasteiger partial charge < -0.3 is 14.5 Å². The molecule has 1 fully saturated rings. The SMILES string of the molecule is O=C(CCc1ncc(-c2ccccc2F)o1)NC[C@@H]1CCOC1. The Morgan fingerprint density at radius 2 is 2.26 bits per heavy atom. The lowest BCUT2D eigenvalue weighted by Crippen LogP contribution is -2.29. The van der Waals surface area contributed by atoms with Gasteiger partial charge in [-0.3, -0.25) is 4.79 Å². The maximum atomic E-state index is 13.7. The number of ether oxygens (including phenoxy) is 1. The normalized spacial score (nSPS) is 17.3. The number of hydrogen-bond donors (Lipinski definition) is 1. The maximum absolute atomic E-state index is 13.7. The van der Waals surface area contributed by atoms with E-state index in [-0.39, 0.29) is 11.7 Å². The van der Waals surface area contributed by atoms with Gasteiger partial charge in [-0.2, -0.15) is 0 Å². The van der Waals surface area contributed by atoms with Gasteiger partial charge in [-0.05, 0) is 18.6 Å². The van der Waals surface area contributed by atoms with Gasteiger partial charge in [-0.15, -0.1) is 0 Å². The number of amides is 1. The summed E-state index contributed by atoms with van der Waals surface area (Å²) in [6.07, 6.45) is 3.17. The van der Waals surface area contributed by atoms with Crippen LogP contribution in [0.3, 0.4) is 0 Å². The molecule has 0 saturated carbocycles. The summed E-state index contributed by atoms with van der Waals surface area (Å²) in [5.74, 6) is 0.826. The Balaban J connectivity index is 1.49. The lowest BCUT2D eigenvalue weighted by molar-refractivity contribution is -0.121. The van der Waals surface area contributed by atoms with E-state index < -0.39 is 0 Å². The molecule has 0 radical (unpaired) electrons. The number of benzene rings is 1. The Bertz CT molecular complexity index is 665. The Morgan fingerprint density at radius 3 is 3.04 bits per heavy atom. The number of aromatic nitrogens is 1. The summed E-state index contributed by atoms with van der Waals surface area (Å²) in [4.78, 5) is 15.9. The molecule has 1 saturated heterocycles. The molecule has 2 aromatic rings. The van der Waals surface area contributed by atoms with Gasteiger partial charge in [-0.25, -0.2) is 9.37 Å². The molecule has 1 N–H and O–H groups in total. The minimum Gasteiger partial charge on any atom is -0.441 e. The van der Waals surface area contributed by atoms with E-state index in [1.54, 1.807) is 18.2 Å². The zero-order chi connectivity index (χ0) is 16.1. The molecule has 3 rings (SSSR count). The van der Waals surface area contributed by atoms with Gasteiger partial charge in [0, 0.05) is 31.9 Å². The molecule has 2 heterocycles. The van der Waals surface area contributed by atoms with Crippen molar-refractivity contribution in [2.75, 3.05) is 19.8 Å². The van der Waals surface area contributed by atoms with Gasteiger partial charge in [0.05, 0.1) is 18.4 Å². The zero-order valence-electron chi connectivity index (χ0n) is 12.8. The van der Waals surface area contributed by atoms with Gasteiger partial charge in [-0.1, -0.05) is 12.1 Å². The second kappa shape index (κ2) is 7.37. The highest BCUT2D eigenvalue weighted by atomic mass is 19.1. The molecule has 0 aliphatic carbocycles. The molecule has 1 aliphatic heterocycles. The fraction of sp³-hybridized carbons (Fsp3) is 0.412. The fourth-order valence-electron chi connectivity index (χ4n) is 2.52. The molecule has 5 nitrogen and oxygen atoms in total. The molecule has 0 unspecified atom stereocenters. The van der Waals surface area contributed by atoms with E-state index in [4.69, 9.17) is 9.15 Å². The van der Waals surface area contributed by atoms with E-state index in [9.17, 15) is 9.18 Å². The zero-order valence-corrected chi connectivity index (χ0v) is 12.8. The van der Waals surface area contributed by atoms with E-state index in [1.807, 2.05) is 0 Å². The molecule has 6 heteroatoms. The van der Waals surface area contributed by atoms with E-state index in [2.05, 4.69) is 10.3 Å². The summed E-state index contributed by atoms with van der Waals surface area (Å²) in [7, 11) is 0. The third-order valence-corrected chi connectivity index (χ3v) is 3.87. The monoisotopic (exact) mass is 318 g/mol. The lowest BCUT2D eigenvalue weighted by Gasteiger charge is -2.08. The number of carbonyl (C=O) groups excluding carboxylic acids is 1. The Labute approximate surface area is 133 Å². The molecule has 0 bridgehead atoms. The Kier molecular flexibility index (Phi) is 5.02. The molecular weight excluding hydrogens is 299 g/mol. The van der Waals surface area contributed by atoms with Crippen LogP contribution in [0.2, 0.25) is 0 Å². The minimum atomic E-state index is -0.355. The minimum absolute atomic E-state index is 0.0393. The summed E-state index contributed by atoms with van der Waals surface area (Å²) in [6.45, 7) is 2.13. The van der Waals surface area contributed by atoms with Crippen molar-refractivity contribution in [2.45, 2.75) is 19.3 Å². The molecule has 1 amide bonds. The smallest absolute Gasteiger partial charge is 0.220 e. The van der Waals surface area contributed by atoms with Crippen molar-refractivity contribution in [2.24, 2.45) is 5.92 Å². The van der Waals surface area contributed by atoms with Crippen molar-refractivity contribution in [3.8, 4) is 11.3 Å². The van der Waals surface area contributed by atoms with Crippen molar-refractivity contribution in [1.82, 2.24) is 10.3 Å². The molecular formula is C17H19FN2O3. The highest BCUT2D eigenvalue weighted by molar-refractivity contribution is 5.76. The molecule has 1 aromatic carbocycles. The summed E-state index contributed by atoms with van der Waals surface area (Å²) in [5.41, 5.74) is 0.372. The first-order valence-electron chi connectivity index (χ1n) is 7.76. The molecule has 0 spiro atoms. The summed E-state index contributed by atoms with van der Waals surface area (Å²) in [6, 6.07) is 6.37. The Morgan fingerprint density at radius 1 is 1.39 bits per heavy atom. The molecule has 23 heavy (non-hydrogen) atoms. The number of nitrogens with zero attached hydrogens (tertiary/aromatic N) is 1. The van der Waals surface area contributed by atoms with E-state index in [0.29, 0.717) is 49.1 Å². The number of carbonyl (C=O) groups is 1. The van der Waals surface area contributed by atoms with Crippen LogP contribution in [0.15, 0.2) is 34.9 Å². The van der Waals surface area contributed by atoms with Crippen molar-refractivity contribution >= 4 is 5.91 Å². The van der Waals surface area contributed by atoms with Crippen LogP contribution < -0.4 is 5.32 Å². The summed E-state index contributed by atoms with van der Waals surface area (Å²) < 4.78 is 24.5. The number of hydrogen-bond acceptors (Lipinski definition) is 4. The lowest BCUT2D eigenvalue weighted by atomic mass is 10.1. The van der Waals surface area contributed by atoms with Gasteiger partial charge in [0.15, 0.2) is 11.7 Å². The topological polar surface area (TPSA) is 64.4 Å². The Hall–Kier alpha value is -2.21. The van der Waals surface area contributed by atoms with Crippen LogP contribution in [0.5, 0.6) is 0 Å². The number of nitrogens with one attached hydrogen (secondary N) is 1. The molecule has 1 aliphatic rings. The van der Waals surface area contributed by atoms with Crippen LogP contribution in [-0.2, 0) is 16.0 Å². The van der Waals surface area contributed by atoms with Crippen molar-refractivity contribution < 1.29 is 18.3 Å². The summed E-state index contributed by atoms with van der Waals surface area (Å²) >= 11 is 0. The van der Waals surface area contributed by atoms with E-state index in [0.717, 1.165) is 13.0 Å². The third kappa shape index (κ3) is 4.16. The van der Waals surface area contributed by atoms with Crippen LogP contribution in [0.25, 0.3) is 11.3 Å². The van der Waals surface area contributed by atoms with E-state index in [1.165, 1.54) is 12.3 Å². The first-order valence-corrected chi connectivity index (χ1v) is 7.76. The van der Waals surface area contributed by atoms with Gasteiger partial charge >= 0.3 is 0 Å². The third-order valence-electron chi connectivity index (χ3n) is 3.87. The predicted octanol–water partition coefficient (Wildman–Crippen LogP) is 2.57. The second-order valence-electron chi connectivity index (χ2n) is 5.63. The molecule has 122 valence electrons. The average Bonchev–Trinajstić information content (AvgIpc) is 3.23. The van der Waals surface area contributed by atoms with Gasteiger partial charge in [0.1, 0.15) is 5.82 Å². The quantitative estimate of drug-likeness (QED) is 0.889. The number of rotatable bonds is 6. The van der Waals surface area contributed by atoms with Gasteiger partial charge in [0.2, 0.25) is 5.91 Å². The van der Waals surface area contributed by atoms with Crippen molar-refractivity contribution in [1.29, 1.82) is 0 Å². The van der Waals surface area contributed by atoms with Gasteiger partial charge in [0.25, 0.3) is 0 Å². The van der Waals surface area contributed by atoms with Crippen LogP contribution in [0, 0.1) is 11.7 Å². The standard InChI is InChI=1S/C17H19FN2O3/c18-14-4-2-1-3-13(14)15-10-20-17(23-15)6-5-16(21)19-9-12-7-8-22-11-12/h1-4,10,12H,5-9,11H2,(H,19,21)/t12-/m0/s1. The van der Waals surface area contributed by atoms with Crippen LogP contribution in [-0.4, -0.2) is 30.6 Å². The maximum Gasteiger partial charge on any atom is 0.220 e. The number of aryl methyl sites for hydroxylation is 1. The van der Waals surface area contributed by atoms with Crippen LogP contribution in [0.4, 0.5) is 4.39 Å². The van der Waals surface area contributed by atoms with E-state index >= 15 is 0 Å². The first-order chi connectivity index (χ1) is 11.2. The fourth-order valence-corrected chi connectivity index (χ4v) is 2.52. The highest BCUT2D eigenvalue weighted by Gasteiger charge is 2.16. The number of oxazole rings is 1. The average molecular weight is 318 g/mol. The summed E-state index contributed by atoms with van der Waals surface area (Å²) in [5, 5.41) is 2.89. The number of halogens is 1. The van der Waals surface area contributed by atoms with Crippen molar-refractivity contribution in [3.05, 3.63) is 42.2 Å². The van der Waals surface area contributed by atoms with Crippen LogP contribution in [0.1, 0.15) is 18.7 Å². The first kappa shape index (κ1) is 15.7. The predicted molar refractivity (Wildman–Crippen MR) is 82.2 cm³/mol. The second-order valence-corrected chi connectivity index (χ2v) is 5.63.